The van der Waals surface area contributed by atoms with Gasteiger partial charge < -0.3 is 10.6 Å². The Balaban J connectivity index is 2.32. The second kappa shape index (κ2) is 5.61. The molecule has 1 aliphatic carbocycles. The Morgan fingerprint density at radius 2 is 1.77 bits per heavy atom. The van der Waals surface area contributed by atoms with Gasteiger partial charge >= 0.3 is 0 Å². The second-order valence-corrected chi connectivity index (χ2v) is 4.19. The molecule has 2 N–H and O–H groups in total. The summed E-state index contributed by atoms with van der Waals surface area (Å²) in [6.45, 7) is 8.02. The molecule has 1 saturated carbocycles. The Morgan fingerprint density at radius 3 is 2.31 bits per heavy atom. The van der Waals surface area contributed by atoms with Crippen LogP contribution in [0, 0.1) is 5.92 Å². The van der Waals surface area contributed by atoms with Crippen molar-refractivity contribution in [3.8, 4) is 0 Å². The van der Waals surface area contributed by atoms with Crippen LogP contribution in [0.4, 0.5) is 0 Å². The molecule has 1 aliphatic rings. The molecule has 13 heavy (non-hydrogen) atoms. The molecule has 0 radical (unpaired) electrons. The molecule has 2 heteroatoms. The van der Waals surface area contributed by atoms with Crippen LogP contribution in [0.3, 0.4) is 0 Å². The highest BCUT2D eigenvalue weighted by atomic mass is 15.1. The van der Waals surface area contributed by atoms with E-state index in [1.807, 2.05) is 0 Å². The van der Waals surface area contributed by atoms with E-state index >= 15 is 0 Å². The van der Waals surface area contributed by atoms with E-state index < -0.39 is 0 Å². The summed E-state index contributed by atoms with van der Waals surface area (Å²) in [4.78, 5) is 2.50. The molecule has 78 valence electrons. The molecule has 0 amide bonds. The topological polar surface area (TPSA) is 29.3 Å². The fourth-order valence-electron chi connectivity index (χ4n) is 2.28. The molecule has 1 fully saturated rings. The normalized spacial score (nSPS) is 29.5. The average molecular weight is 184 g/mol. The van der Waals surface area contributed by atoms with Crippen LogP contribution in [-0.2, 0) is 0 Å². The molecule has 2 atom stereocenters. The highest BCUT2D eigenvalue weighted by Gasteiger charge is 2.22. The lowest BCUT2D eigenvalue weighted by Gasteiger charge is -2.32. The summed E-state index contributed by atoms with van der Waals surface area (Å²) < 4.78 is 0. The molecule has 0 spiro atoms. The van der Waals surface area contributed by atoms with Crippen molar-refractivity contribution in [2.75, 3.05) is 19.6 Å². The Hall–Kier alpha value is -0.0800. The summed E-state index contributed by atoms with van der Waals surface area (Å²) in [6, 6.07) is 0.467. The van der Waals surface area contributed by atoms with E-state index in [0.29, 0.717) is 6.04 Å². The van der Waals surface area contributed by atoms with Gasteiger partial charge in [0.05, 0.1) is 0 Å². The molecule has 0 aromatic heterocycles. The lowest BCUT2D eigenvalue weighted by atomic mass is 9.85. The summed E-state index contributed by atoms with van der Waals surface area (Å²) in [5.41, 5.74) is 6.11. The number of rotatable bonds is 4. The molecule has 0 unspecified atom stereocenters. The first kappa shape index (κ1) is 11.0. The third-order valence-electron chi connectivity index (χ3n) is 3.36. The Morgan fingerprint density at radius 1 is 1.15 bits per heavy atom. The van der Waals surface area contributed by atoms with Crippen molar-refractivity contribution in [2.24, 2.45) is 11.7 Å². The number of nitrogens with two attached hydrogens (primary N) is 1. The molecule has 1 rings (SSSR count). The van der Waals surface area contributed by atoms with Gasteiger partial charge in [0.2, 0.25) is 0 Å². The first-order chi connectivity index (χ1) is 6.27. The summed E-state index contributed by atoms with van der Waals surface area (Å²) in [7, 11) is 0. The van der Waals surface area contributed by atoms with E-state index in [0.717, 1.165) is 5.92 Å². The van der Waals surface area contributed by atoms with Gasteiger partial charge in [0, 0.05) is 12.6 Å². The molecule has 0 bridgehead atoms. The quantitative estimate of drug-likeness (QED) is 0.722. The van der Waals surface area contributed by atoms with Gasteiger partial charge in [0.15, 0.2) is 0 Å². The van der Waals surface area contributed by atoms with Crippen LogP contribution in [-0.4, -0.2) is 30.6 Å². The van der Waals surface area contributed by atoms with Gasteiger partial charge in [0.1, 0.15) is 0 Å². The third-order valence-corrected chi connectivity index (χ3v) is 3.36. The van der Waals surface area contributed by atoms with Crippen LogP contribution in [0.25, 0.3) is 0 Å². The van der Waals surface area contributed by atoms with Crippen LogP contribution in [0.1, 0.15) is 39.5 Å². The minimum absolute atomic E-state index is 0.467. The molecular formula is C11H24N2. The lowest BCUT2D eigenvalue weighted by Crippen LogP contribution is -2.41. The predicted molar refractivity (Wildman–Crippen MR) is 57.7 cm³/mol. The number of hydrogen-bond acceptors (Lipinski definition) is 2. The summed E-state index contributed by atoms with van der Waals surface area (Å²) in [5.74, 6) is 0.758. The van der Waals surface area contributed by atoms with Crippen LogP contribution in [0.5, 0.6) is 0 Å². The molecule has 2 nitrogen and oxygen atoms in total. The molecule has 0 saturated heterocycles. The van der Waals surface area contributed by atoms with E-state index in [1.54, 1.807) is 0 Å². The van der Waals surface area contributed by atoms with Crippen molar-refractivity contribution in [3.63, 3.8) is 0 Å². The fraction of sp³-hybridized carbons (Fsp3) is 1.00. The van der Waals surface area contributed by atoms with Crippen LogP contribution in [0.15, 0.2) is 0 Å². The van der Waals surface area contributed by atoms with E-state index in [2.05, 4.69) is 18.7 Å². The smallest absolute Gasteiger partial charge is 0.00793 e. The van der Waals surface area contributed by atoms with Crippen LogP contribution in [0.2, 0.25) is 0 Å². The third kappa shape index (κ3) is 3.28. The highest BCUT2D eigenvalue weighted by Crippen LogP contribution is 2.23. The second-order valence-electron chi connectivity index (χ2n) is 4.19. The Labute approximate surface area is 82.5 Å². The van der Waals surface area contributed by atoms with Gasteiger partial charge in [0.25, 0.3) is 0 Å². The van der Waals surface area contributed by atoms with E-state index in [1.165, 1.54) is 45.3 Å². The summed E-state index contributed by atoms with van der Waals surface area (Å²) >= 11 is 0. The standard InChI is InChI=1S/C11H24N2/c1-3-13(4-2)9-10-7-5-6-8-11(10)12/h10-11H,3-9,12H2,1-2H3/t10-,11+/m1/s1. The molecule has 0 aliphatic heterocycles. The molecule has 0 aromatic rings. The first-order valence-electron chi connectivity index (χ1n) is 5.75. The summed E-state index contributed by atoms with van der Waals surface area (Å²) in [5, 5.41) is 0. The van der Waals surface area contributed by atoms with Gasteiger partial charge in [-0.25, -0.2) is 0 Å². The maximum atomic E-state index is 6.11. The van der Waals surface area contributed by atoms with E-state index in [9.17, 15) is 0 Å². The SMILES string of the molecule is CCN(CC)C[C@H]1CCCC[C@@H]1N. The number of hydrogen-bond donors (Lipinski definition) is 1. The fourth-order valence-corrected chi connectivity index (χ4v) is 2.28. The van der Waals surface area contributed by atoms with Crippen molar-refractivity contribution in [1.82, 2.24) is 4.90 Å². The van der Waals surface area contributed by atoms with Crippen LogP contribution >= 0.6 is 0 Å². The zero-order valence-corrected chi connectivity index (χ0v) is 9.13. The largest absolute Gasteiger partial charge is 0.327 e. The Bertz CT molecular complexity index is 132. The van der Waals surface area contributed by atoms with E-state index in [4.69, 9.17) is 5.73 Å². The first-order valence-corrected chi connectivity index (χ1v) is 5.75. The van der Waals surface area contributed by atoms with Crippen molar-refractivity contribution < 1.29 is 0 Å². The average Bonchev–Trinajstić information content (AvgIpc) is 2.17. The molecule has 0 aromatic carbocycles. The lowest BCUT2D eigenvalue weighted by molar-refractivity contribution is 0.197. The minimum Gasteiger partial charge on any atom is -0.327 e. The number of nitrogens with zero attached hydrogens (tertiary/aromatic N) is 1. The van der Waals surface area contributed by atoms with Gasteiger partial charge in [-0.15, -0.1) is 0 Å². The van der Waals surface area contributed by atoms with Crippen molar-refractivity contribution in [2.45, 2.75) is 45.6 Å². The van der Waals surface area contributed by atoms with Gasteiger partial charge in [-0.1, -0.05) is 26.7 Å². The van der Waals surface area contributed by atoms with Crippen molar-refractivity contribution in [3.05, 3.63) is 0 Å². The maximum Gasteiger partial charge on any atom is 0.00793 e. The summed E-state index contributed by atoms with van der Waals surface area (Å²) in [6.07, 6.45) is 5.32. The predicted octanol–water partition coefficient (Wildman–Crippen LogP) is 1.85. The molecule has 0 heterocycles. The van der Waals surface area contributed by atoms with E-state index in [-0.39, 0.29) is 0 Å². The van der Waals surface area contributed by atoms with Gasteiger partial charge in [-0.3, -0.25) is 0 Å². The monoisotopic (exact) mass is 184 g/mol. The zero-order valence-electron chi connectivity index (χ0n) is 9.13. The Kier molecular flexibility index (Phi) is 4.74. The van der Waals surface area contributed by atoms with Gasteiger partial charge in [-0.2, -0.15) is 0 Å². The van der Waals surface area contributed by atoms with Crippen molar-refractivity contribution >= 4 is 0 Å². The molecular weight excluding hydrogens is 160 g/mol. The maximum absolute atomic E-state index is 6.11. The highest BCUT2D eigenvalue weighted by molar-refractivity contribution is 4.80. The van der Waals surface area contributed by atoms with Crippen molar-refractivity contribution in [1.29, 1.82) is 0 Å². The van der Waals surface area contributed by atoms with Crippen LogP contribution < -0.4 is 5.73 Å². The zero-order chi connectivity index (χ0) is 9.68. The van der Waals surface area contributed by atoms with Gasteiger partial charge in [-0.05, 0) is 31.8 Å². The minimum atomic E-state index is 0.467.